The van der Waals surface area contributed by atoms with Crippen molar-refractivity contribution in [1.82, 2.24) is 4.98 Å². The number of nitrogens with one attached hydrogen (secondary N) is 1. The molecule has 6 heteroatoms. The van der Waals surface area contributed by atoms with E-state index >= 15 is 0 Å². The van der Waals surface area contributed by atoms with Crippen LogP contribution in [0.5, 0.6) is 0 Å². The van der Waals surface area contributed by atoms with E-state index < -0.39 is 5.56 Å². The number of nitrogens with zero attached hydrogens (tertiary/aromatic N) is 3. The molecule has 0 fully saturated rings. The van der Waals surface area contributed by atoms with Crippen molar-refractivity contribution in [2.75, 3.05) is 5.73 Å². The van der Waals surface area contributed by atoms with Gasteiger partial charge in [-0.15, -0.1) is 0 Å². The monoisotopic (exact) mass is 337 g/mol. The summed E-state index contributed by atoms with van der Waals surface area (Å²) in [6.07, 6.45) is 0. The van der Waals surface area contributed by atoms with E-state index in [1.54, 1.807) is 36.4 Å². The van der Waals surface area contributed by atoms with E-state index in [1.165, 1.54) is 0 Å². The first-order valence-corrected chi connectivity index (χ1v) is 7.56. The maximum atomic E-state index is 12.2. The molecule has 0 aliphatic heterocycles. The van der Waals surface area contributed by atoms with Crippen LogP contribution in [0.25, 0.3) is 22.3 Å². The number of aromatic nitrogens is 1. The third kappa shape index (κ3) is 2.67. The molecule has 0 aliphatic rings. The molecule has 6 nitrogen and oxygen atoms in total. The van der Waals surface area contributed by atoms with E-state index in [0.717, 1.165) is 11.1 Å². The molecule has 122 valence electrons. The van der Waals surface area contributed by atoms with Crippen LogP contribution >= 0.6 is 0 Å². The van der Waals surface area contributed by atoms with E-state index in [4.69, 9.17) is 11.0 Å². The van der Waals surface area contributed by atoms with Gasteiger partial charge in [-0.05, 0) is 28.8 Å². The molecule has 3 aromatic rings. The van der Waals surface area contributed by atoms with Crippen molar-refractivity contribution in [2.24, 2.45) is 0 Å². The van der Waals surface area contributed by atoms with Crippen LogP contribution in [0.4, 0.5) is 5.82 Å². The molecular formula is C20H11N5O. The van der Waals surface area contributed by atoms with Crippen molar-refractivity contribution < 1.29 is 0 Å². The van der Waals surface area contributed by atoms with E-state index in [2.05, 4.69) is 11.1 Å². The van der Waals surface area contributed by atoms with Gasteiger partial charge >= 0.3 is 0 Å². The molecule has 0 saturated carbocycles. The van der Waals surface area contributed by atoms with Crippen molar-refractivity contribution in [3.63, 3.8) is 0 Å². The van der Waals surface area contributed by atoms with Crippen molar-refractivity contribution in [2.45, 2.75) is 0 Å². The molecule has 0 atom stereocenters. The summed E-state index contributed by atoms with van der Waals surface area (Å²) in [7, 11) is 0. The first kappa shape index (κ1) is 16.5. The molecule has 1 heterocycles. The third-order valence-corrected chi connectivity index (χ3v) is 3.99. The number of pyridine rings is 1. The van der Waals surface area contributed by atoms with E-state index in [1.807, 2.05) is 24.3 Å². The molecule has 0 radical (unpaired) electrons. The highest BCUT2D eigenvalue weighted by Crippen LogP contribution is 2.36. The normalized spacial score (nSPS) is 9.73. The molecular weight excluding hydrogens is 326 g/mol. The van der Waals surface area contributed by atoms with Gasteiger partial charge in [-0.2, -0.15) is 15.8 Å². The summed E-state index contributed by atoms with van der Waals surface area (Å²) in [5.41, 5.74) is 7.79. The highest BCUT2D eigenvalue weighted by Gasteiger charge is 2.20. The Morgan fingerprint density at radius 3 is 2.00 bits per heavy atom. The topological polar surface area (TPSA) is 130 Å². The minimum absolute atomic E-state index is 0.0437. The Morgan fingerprint density at radius 1 is 0.808 bits per heavy atom. The largest absolute Gasteiger partial charge is 0.384 e. The Morgan fingerprint density at radius 2 is 1.42 bits per heavy atom. The van der Waals surface area contributed by atoms with Crippen LogP contribution in [-0.2, 0) is 0 Å². The molecule has 26 heavy (non-hydrogen) atoms. The second kappa shape index (κ2) is 6.65. The van der Waals surface area contributed by atoms with E-state index in [0.29, 0.717) is 11.1 Å². The molecule has 0 aliphatic carbocycles. The maximum Gasteiger partial charge on any atom is 0.268 e. The summed E-state index contributed by atoms with van der Waals surface area (Å²) in [6, 6.07) is 19.9. The fraction of sp³-hybridized carbons (Fsp3) is 0. The average Bonchev–Trinajstić information content (AvgIpc) is 2.67. The molecule has 3 N–H and O–H groups in total. The molecule has 0 saturated heterocycles. The summed E-state index contributed by atoms with van der Waals surface area (Å²) in [5.74, 6) is -0.0823. The zero-order valence-corrected chi connectivity index (χ0v) is 13.4. The summed E-state index contributed by atoms with van der Waals surface area (Å²) in [4.78, 5) is 14.5. The van der Waals surface area contributed by atoms with Gasteiger partial charge in [0.15, 0.2) is 0 Å². The molecule has 1 aromatic heterocycles. The molecule has 0 amide bonds. The number of nitriles is 3. The van der Waals surface area contributed by atoms with Crippen LogP contribution in [0.3, 0.4) is 0 Å². The number of hydrogen-bond acceptors (Lipinski definition) is 5. The standard InChI is InChI=1S/C20H11N5O/c21-9-12-5-7-13(8-6-12)14-3-1-2-4-15(14)18-16(10-22)19(24)25-20(26)17(18)11-23/h1-8H,(H3,24,25,26). The van der Waals surface area contributed by atoms with Crippen molar-refractivity contribution in [3.8, 4) is 40.5 Å². The predicted octanol–water partition coefficient (Wildman–Crippen LogP) is 2.91. The number of nitrogens with two attached hydrogens (primary N) is 1. The van der Waals surface area contributed by atoms with Crippen molar-refractivity contribution in [3.05, 3.63) is 75.6 Å². The van der Waals surface area contributed by atoms with E-state index in [-0.39, 0.29) is 22.5 Å². The Bertz CT molecular complexity index is 1190. The second-order valence-electron chi connectivity index (χ2n) is 5.45. The van der Waals surface area contributed by atoms with Crippen LogP contribution in [0.1, 0.15) is 16.7 Å². The number of nitrogen functional groups attached to an aromatic ring is 1. The lowest BCUT2D eigenvalue weighted by molar-refractivity contribution is 1.21. The Labute approximate surface area is 149 Å². The van der Waals surface area contributed by atoms with Gasteiger partial charge in [-0.3, -0.25) is 4.79 Å². The SMILES string of the molecule is N#Cc1ccc(-c2ccccc2-c2c(C#N)c(N)[nH]c(=O)c2C#N)cc1. The lowest BCUT2D eigenvalue weighted by Crippen LogP contribution is -2.16. The molecule has 3 rings (SSSR count). The van der Waals surface area contributed by atoms with Crippen LogP contribution in [0.2, 0.25) is 0 Å². The zero-order valence-electron chi connectivity index (χ0n) is 13.4. The van der Waals surface area contributed by atoms with Gasteiger partial charge in [0, 0.05) is 5.56 Å². The Kier molecular flexibility index (Phi) is 4.22. The molecule has 2 aromatic carbocycles. The van der Waals surface area contributed by atoms with Gasteiger partial charge in [0.25, 0.3) is 5.56 Å². The van der Waals surface area contributed by atoms with Gasteiger partial charge in [0.1, 0.15) is 29.1 Å². The van der Waals surface area contributed by atoms with Crippen molar-refractivity contribution in [1.29, 1.82) is 15.8 Å². The second-order valence-corrected chi connectivity index (χ2v) is 5.45. The highest BCUT2D eigenvalue weighted by atomic mass is 16.1. The Hall–Kier alpha value is -4.34. The fourth-order valence-electron chi connectivity index (χ4n) is 2.79. The van der Waals surface area contributed by atoms with Gasteiger partial charge in [0.2, 0.25) is 0 Å². The third-order valence-electron chi connectivity index (χ3n) is 3.99. The lowest BCUT2D eigenvalue weighted by atomic mass is 9.90. The molecule has 0 spiro atoms. The van der Waals surface area contributed by atoms with Crippen LogP contribution < -0.4 is 11.3 Å². The quantitative estimate of drug-likeness (QED) is 0.742. The number of rotatable bonds is 2. The number of aromatic amines is 1. The van der Waals surface area contributed by atoms with Gasteiger partial charge in [-0.1, -0.05) is 36.4 Å². The van der Waals surface area contributed by atoms with Crippen LogP contribution in [-0.4, -0.2) is 4.98 Å². The van der Waals surface area contributed by atoms with Gasteiger partial charge in [-0.25, -0.2) is 0 Å². The van der Waals surface area contributed by atoms with Crippen LogP contribution in [0, 0.1) is 34.0 Å². The van der Waals surface area contributed by atoms with E-state index in [9.17, 15) is 15.3 Å². The number of benzene rings is 2. The van der Waals surface area contributed by atoms with Gasteiger partial charge < -0.3 is 10.7 Å². The van der Waals surface area contributed by atoms with Gasteiger partial charge in [0.05, 0.1) is 11.6 Å². The minimum atomic E-state index is -0.645. The number of hydrogen-bond donors (Lipinski definition) is 2. The lowest BCUT2D eigenvalue weighted by Gasteiger charge is -2.13. The van der Waals surface area contributed by atoms with Crippen molar-refractivity contribution >= 4 is 5.82 Å². The fourth-order valence-corrected chi connectivity index (χ4v) is 2.79. The smallest absolute Gasteiger partial charge is 0.268 e. The summed E-state index contributed by atoms with van der Waals surface area (Å²) in [6.45, 7) is 0. The average molecular weight is 337 g/mol. The molecule has 0 unspecified atom stereocenters. The first-order valence-electron chi connectivity index (χ1n) is 7.56. The maximum absolute atomic E-state index is 12.2. The minimum Gasteiger partial charge on any atom is -0.384 e. The summed E-state index contributed by atoms with van der Waals surface area (Å²) in [5, 5.41) is 27.9. The van der Waals surface area contributed by atoms with Crippen LogP contribution in [0.15, 0.2) is 53.3 Å². The zero-order chi connectivity index (χ0) is 18.7. The first-order chi connectivity index (χ1) is 12.6. The summed E-state index contributed by atoms with van der Waals surface area (Å²) >= 11 is 0. The summed E-state index contributed by atoms with van der Waals surface area (Å²) < 4.78 is 0. The number of anilines is 1. The predicted molar refractivity (Wildman–Crippen MR) is 96.5 cm³/mol. The number of H-pyrrole nitrogens is 1. The highest BCUT2D eigenvalue weighted by molar-refractivity contribution is 5.90. The Balaban J connectivity index is 2.38. The molecule has 0 bridgehead atoms.